The van der Waals surface area contributed by atoms with Gasteiger partial charge in [-0.05, 0) is 64.0 Å². The van der Waals surface area contributed by atoms with E-state index in [4.69, 9.17) is 0 Å². The quantitative estimate of drug-likeness (QED) is 0.752. The summed E-state index contributed by atoms with van der Waals surface area (Å²) >= 11 is 0. The van der Waals surface area contributed by atoms with Gasteiger partial charge < -0.3 is 5.32 Å². The Kier molecular flexibility index (Phi) is 3.82. The molecule has 2 atom stereocenters. The molecule has 96 valence electrons. The van der Waals surface area contributed by atoms with E-state index in [0.29, 0.717) is 0 Å². The third kappa shape index (κ3) is 3.11. The molecule has 2 aliphatic carbocycles. The van der Waals surface area contributed by atoms with Crippen LogP contribution in [0.4, 0.5) is 0 Å². The van der Waals surface area contributed by atoms with E-state index < -0.39 is 0 Å². The van der Waals surface area contributed by atoms with Gasteiger partial charge in [0.1, 0.15) is 0 Å². The molecular formula is C15H26N2. The third-order valence-electron chi connectivity index (χ3n) is 4.54. The Morgan fingerprint density at radius 3 is 2.71 bits per heavy atom. The van der Waals surface area contributed by atoms with Gasteiger partial charge in [0.2, 0.25) is 0 Å². The summed E-state index contributed by atoms with van der Waals surface area (Å²) in [6, 6.07) is 1.68. The molecule has 0 aromatic rings. The zero-order valence-corrected chi connectivity index (χ0v) is 10.9. The second kappa shape index (κ2) is 5.53. The molecule has 3 rings (SSSR count). The predicted octanol–water partition coefficient (Wildman–Crippen LogP) is 2.56. The lowest BCUT2D eigenvalue weighted by atomic mass is 9.96. The molecule has 17 heavy (non-hydrogen) atoms. The van der Waals surface area contributed by atoms with Gasteiger partial charge in [0.15, 0.2) is 0 Å². The Morgan fingerprint density at radius 1 is 1.12 bits per heavy atom. The number of nitrogens with zero attached hydrogens (tertiary/aromatic N) is 1. The van der Waals surface area contributed by atoms with Crippen molar-refractivity contribution >= 4 is 0 Å². The van der Waals surface area contributed by atoms with E-state index in [-0.39, 0.29) is 0 Å². The van der Waals surface area contributed by atoms with E-state index in [1.807, 2.05) is 0 Å². The molecule has 0 aromatic heterocycles. The highest BCUT2D eigenvalue weighted by Crippen LogP contribution is 2.33. The SMILES string of the molecule is C1=CC(N(CC2CCCNC2)C2CC2)CCC1. The van der Waals surface area contributed by atoms with Crippen LogP contribution < -0.4 is 5.32 Å². The Morgan fingerprint density at radius 2 is 2.06 bits per heavy atom. The Balaban J connectivity index is 1.58. The van der Waals surface area contributed by atoms with Crippen LogP contribution in [0.15, 0.2) is 12.2 Å². The average Bonchev–Trinajstić information content (AvgIpc) is 3.23. The zero-order valence-electron chi connectivity index (χ0n) is 10.9. The van der Waals surface area contributed by atoms with Gasteiger partial charge in [-0.25, -0.2) is 0 Å². The maximum atomic E-state index is 3.56. The highest BCUT2D eigenvalue weighted by Gasteiger charge is 2.34. The molecule has 1 N–H and O–H groups in total. The van der Waals surface area contributed by atoms with Crippen molar-refractivity contribution in [1.82, 2.24) is 10.2 Å². The number of piperidine rings is 1. The van der Waals surface area contributed by atoms with Crippen LogP contribution in [0, 0.1) is 5.92 Å². The van der Waals surface area contributed by atoms with Crippen molar-refractivity contribution in [3.63, 3.8) is 0 Å². The summed E-state index contributed by atoms with van der Waals surface area (Å²) in [6.07, 6.45) is 14.7. The number of rotatable bonds is 4. The summed E-state index contributed by atoms with van der Waals surface area (Å²) in [5, 5.41) is 3.56. The first-order valence-electron chi connectivity index (χ1n) is 7.56. The van der Waals surface area contributed by atoms with Gasteiger partial charge in [0, 0.05) is 18.6 Å². The molecule has 0 spiro atoms. The minimum Gasteiger partial charge on any atom is -0.316 e. The topological polar surface area (TPSA) is 15.3 Å². The first kappa shape index (κ1) is 11.7. The lowest BCUT2D eigenvalue weighted by Gasteiger charge is -2.36. The van der Waals surface area contributed by atoms with Gasteiger partial charge in [0.25, 0.3) is 0 Å². The van der Waals surface area contributed by atoms with Crippen LogP contribution in [-0.2, 0) is 0 Å². The monoisotopic (exact) mass is 234 g/mol. The summed E-state index contributed by atoms with van der Waals surface area (Å²) < 4.78 is 0. The van der Waals surface area contributed by atoms with Crippen LogP contribution in [0.5, 0.6) is 0 Å². The molecule has 1 saturated carbocycles. The number of hydrogen-bond acceptors (Lipinski definition) is 2. The molecule has 2 fully saturated rings. The average molecular weight is 234 g/mol. The van der Waals surface area contributed by atoms with Crippen molar-refractivity contribution in [2.45, 2.75) is 57.0 Å². The van der Waals surface area contributed by atoms with E-state index in [0.717, 1.165) is 18.0 Å². The van der Waals surface area contributed by atoms with E-state index >= 15 is 0 Å². The molecule has 1 heterocycles. The van der Waals surface area contributed by atoms with E-state index in [1.54, 1.807) is 0 Å². The third-order valence-corrected chi connectivity index (χ3v) is 4.54. The summed E-state index contributed by atoms with van der Waals surface area (Å²) in [5.74, 6) is 0.902. The fourth-order valence-electron chi connectivity index (χ4n) is 3.41. The zero-order chi connectivity index (χ0) is 11.5. The largest absolute Gasteiger partial charge is 0.316 e. The summed E-state index contributed by atoms with van der Waals surface area (Å²) in [4.78, 5) is 2.83. The van der Waals surface area contributed by atoms with E-state index in [9.17, 15) is 0 Å². The van der Waals surface area contributed by atoms with Gasteiger partial charge >= 0.3 is 0 Å². The summed E-state index contributed by atoms with van der Waals surface area (Å²) in [6.45, 7) is 3.83. The van der Waals surface area contributed by atoms with Crippen molar-refractivity contribution in [2.75, 3.05) is 19.6 Å². The van der Waals surface area contributed by atoms with Gasteiger partial charge in [0.05, 0.1) is 0 Å². The normalized spacial score (nSPS) is 34.2. The van der Waals surface area contributed by atoms with Gasteiger partial charge in [-0.15, -0.1) is 0 Å². The van der Waals surface area contributed by atoms with Gasteiger partial charge in [-0.2, -0.15) is 0 Å². The molecular weight excluding hydrogens is 208 g/mol. The van der Waals surface area contributed by atoms with Crippen molar-refractivity contribution in [1.29, 1.82) is 0 Å². The van der Waals surface area contributed by atoms with Gasteiger partial charge in [-0.1, -0.05) is 12.2 Å². The minimum absolute atomic E-state index is 0.762. The van der Waals surface area contributed by atoms with Crippen LogP contribution in [0.1, 0.15) is 44.9 Å². The van der Waals surface area contributed by atoms with Gasteiger partial charge in [-0.3, -0.25) is 4.90 Å². The molecule has 0 aromatic carbocycles. The Labute approximate surface area is 105 Å². The molecule has 3 aliphatic rings. The fraction of sp³-hybridized carbons (Fsp3) is 0.867. The minimum atomic E-state index is 0.762. The molecule has 2 heteroatoms. The summed E-state index contributed by atoms with van der Waals surface area (Å²) in [5.41, 5.74) is 0. The number of nitrogens with one attached hydrogen (secondary N) is 1. The lowest BCUT2D eigenvalue weighted by Crippen LogP contribution is -2.44. The van der Waals surface area contributed by atoms with Crippen molar-refractivity contribution in [3.8, 4) is 0 Å². The first-order chi connectivity index (χ1) is 8.43. The summed E-state index contributed by atoms with van der Waals surface area (Å²) in [7, 11) is 0. The van der Waals surface area contributed by atoms with Crippen molar-refractivity contribution in [2.24, 2.45) is 5.92 Å². The Hall–Kier alpha value is -0.340. The molecule has 0 radical (unpaired) electrons. The second-order valence-corrected chi connectivity index (χ2v) is 6.07. The number of hydrogen-bond donors (Lipinski definition) is 1. The maximum Gasteiger partial charge on any atom is 0.0281 e. The highest BCUT2D eigenvalue weighted by atomic mass is 15.2. The predicted molar refractivity (Wildman–Crippen MR) is 72.1 cm³/mol. The van der Waals surface area contributed by atoms with Crippen LogP contribution in [-0.4, -0.2) is 36.6 Å². The molecule has 1 aliphatic heterocycles. The maximum absolute atomic E-state index is 3.56. The van der Waals surface area contributed by atoms with Crippen molar-refractivity contribution in [3.05, 3.63) is 12.2 Å². The van der Waals surface area contributed by atoms with Crippen LogP contribution in [0.25, 0.3) is 0 Å². The lowest BCUT2D eigenvalue weighted by molar-refractivity contribution is 0.158. The fourth-order valence-corrected chi connectivity index (χ4v) is 3.41. The second-order valence-electron chi connectivity index (χ2n) is 6.07. The van der Waals surface area contributed by atoms with Crippen LogP contribution in [0.2, 0.25) is 0 Å². The Bertz CT molecular complexity index is 264. The van der Waals surface area contributed by atoms with E-state index in [2.05, 4.69) is 22.4 Å². The standard InChI is InChI=1S/C15H26N2/c1-2-6-14(7-3-1)17(15-8-9-15)12-13-5-4-10-16-11-13/h2,6,13-16H,1,3-5,7-12H2. The molecule has 0 bridgehead atoms. The molecule has 2 unspecified atom stereocenters. The van der Waals surface area contributed by atoms with Crippen LogP contribution in [0.3, 0.4) is 0 Å². The van der Waals surface area contributed by atoms with Crippen LogP contribution >= 0.6 is 0 Å². The van der Waals surface area contributed by atoms with E-state index in [1.165, 1.54) is 64.6 Å². The first-order valence-corrected chi connectivity index (χ1v) is 7.56. The molecule has 2 nitrogen and oxygen atoms in total. The number of allylic oxidation sites excluding steroid dienone is 1. The molecule has 1 saturated heterocycles. The highest BCUT2D eigenvalue weighted by molar-refractivity contribution is 5.02. The molecule has 0 amide bonds. The smallest absolute Gasteiger partial charge is 0.0281 e. The van der Waals surface area contributed by atoms with Crippen molar-refractivity contribution < 1.29 is 0 Å².